The van der Waals surface area contributed by atoms with Gasteiger partial charge in [0, 0.05) is 34.4 Å². The molecule has 1 aliphatic rings. The molecule has 0 unspecified atom stereocenters. The standard InChI is InChI=1S/C66H48N2/c1-3-46-27-34-53(35-28-46)66(54-36-29-47(4-2)30-37-54)62-26-15-14-24-58(62)59-25-16-21-52(65(59)66)45-67(55-38-31-50(32-39-55)48-17-8-5-9-18-48)57-40-42-64-61(44-57)60-43-51(49-19-10-6-11-20-49)33-41-63(60)68(64)56-22-12-7-13-23-56/h3-44H,1-2,45H2. The summed E-state index contributed by atoms with van der Waals surface area (Å²) in [6.45, 7) is 8.83. The normalized spacial score (nSPS) is 12.4. The molecule has 0 saturated carbocycles. The molecule has 0 atom stereocenters. The molecule has 0 spiro atoms. The SMILES string of the molecule is C=Cc1ccc(C2(c3ccc(C=C)cc3)c3ccccc3-c3cccc(CN(c4ccc(-c5ccccc5)cc4)c4ccc5c(c4)c4cc(-c6ccccc6)ccc4n5-c4ccccc4)c32)cc1. The summed E-state index contributed by atoms with van der Waals surface area (Å²) in [5.41, 5.74) is 20.9. The van der Waals surface area contributed by atoms with E-state index >= 15 is 0 Å². The number of benzene rings is 10. The van der Waals surface area contributed by atoms with Crippen LogP contribution in [0.4, 0.5) is 11.4 Å². The first-order valence-electron chi connectivity index (χ1n) is 23.4. The number of nitrogens with zero attached hydrogens (tertiary/aromatic N) is 2. The van der Waals surface area contributed by atoms with Crippen LogP contribution in [-0.4, -0.2) is 4.57 Å². The summed E-state index contributed by atoms with van der Waals surface area (Å²) >= 11 is 0. The highest BCUT2D eigenvalue weighted by Gasteiger charge is 2.47. The van der Waals surface area contributed by atoms with Crippen molar-refractivity contribution in [3.8, 4) is 39.1 Å². The van der Waals surface area contributed by atoms with Crippen LogP contribution in [0.25, 0.3) is 73.0 Å². The second kappa shape index (κ2) is 16.9. The molecule has 1 heterocycles. The summed E-state index contributed by atoms with van der Waals surface area (Å²) in [6.07, 6.45) is 3.85. The molecule has 0 N–H and O–H groups in total. The zero-order valence-corrected chi connectivity index (χ0v) is 37.8. The van der Waals surface area contributed by atoms with Gasteiger partial charge >= 0.3 is 0 Å². The Bertz CT molecular complexity index is 3590. The van der Waals surface area contributed by atoms with Gasteiger partial charge in [0.2, 0.25) is 0 Å². The smallest absolute Gasteiger partial charge is 0.0716 e. The molecule has 68 heavy (non-hydrogen) atoms. The van der Waals surface area contributed by atoms with Crippen LogP contribution in [0.5, 0.6) is 0 Å². The average Bonchev–Trinajstić information content (AvgIpc) is 3.91. The van der Waals surface area contributed by atoms with Crippen molar-refractivity contribution in [3.05, 3.63) is 295 Å². The molecule has 1 aromatic heterocycles. The molecule has 0 radical (unpaired) electrons. The van der Waals surface area contributed by atoms with Crippen molar-refractivity contribution in [3.63, 3.8) is 0 Å². The minimum Gasteiger partial charge on any atom is -0.337 e. The van der Waals surface area contributed by atoms with Gasteiger partial charge in [-0.05, 0) is 127 Å². The summed E-state index contributed by atoms with van der Waals surface area (Å²) in [6, 6.07) is 89.2. The van der Waals surface area contributed by atoms with Gasteiger partial charge in [-0.2, -0.15) is 0 Å². The molecular weight excluding hydrogens is 821 g/mol. The van der Waals surface area contributed by atoms with Gasteiger partial charge in [0.1, 0.15) is 0 Å². The summed E-state index contributed by atoms with van der Waals surface area (Å²) in [7, 11) is 0. The van der Waals surface area contributed by atoms with Crippen LogP contribution in [0.15, 0.2) is 256 Å². The molecule has 1 aliphatic carbocycles. The maximum Gasteiger partial charge on any atom is 0.0716 e. The van der Waals surface area contributed by atoms with E-state index in [1.165, 1.54) is 83.0 Å². The fraction of sp³-hybridized carbons (Fsp3) is 0.0303. The predicted molar refractivity (Wildman–Crippen MR) is 288 cm³/mol. The summed E-state index contributed by atoms with van der Waals surface area (Å²) < 4.78 is 2.41. The first kappa shape index (κ1) is 40.8. The van der Waals surface area contributed by atoms with Crippen LogP contribution < -0.4 is 4.90 Å². The minimum absolute atomic E-state index is 0.606. The van der Waals surface area contributed by atoms with Crippen LogP contribution in [-0.2, 0) is 12.0 Å². The maximum absolute atomic E-state index is 4.11. The largest absolute Gasteiger partial charge is 0.337 e. The molecule has 0 bridgehead atoms. The number of para-hydroxylation sites is 1. The van der Waals surface area contributed by atoms with Crippen molar-refractivity contribution in [2.45, 2.75) is 12.0 Å². The molecule has 12 rings (SSSR count). The van der Waals surface area contributed by atoms with Crippen LogP contribution in [0.2, 0.25) is 0 Å². The number of aromatic nitrogens is 1. The Morgan fingerprint density at radius 3 is 1.54 bits per heavy atom. The van der Waals surface area contributed by atoms with Crippen LogP contribution in [0.1, 0.15) is 38.9 Å². The Labute approximate surface area is 398 Å². The molecule has 0 saturated heterocycles. The fourth-order valence-electron chi connectivity index (χ4n) is 10.9. The topological polar surface area (TPSA) is 8.17 Å². The molecule has 0 amide bonds. The second-order valence-corrected chi connectivity index (χ2v) is 17.8. The minimum atomic E-state index is -0.606. The molecule has 2 nitrogen and oxygen atoms in total. The quantitative estimate of drug-likeness (QED) is 0.126. The highest BCUT2D eigenvalue weighted by atomic mass is 15.1. The van der Waals surface area contributed by atoms with Gasteiger partial charge in [0.15, 0.2) is 0 Å². The van der Waals surface area contributed by atoms with Crippen molar-refractivity contribution in [2.24, 2.45) is 0 Å². The zero-order chi connectivity index (χ0) is 45.6. The third-order valence-electron chi connectivity index (χ3n) is 14.1. The van der Waals surface area contributed by atoms with E-state index in [1.54, 1.807) is 0 Å². The van der Waals surface area contributed by atoms with Gasteiger partial charge in [0.25, 0.3) is 0 Å². The van der Waals surface area contributed by atoms with Gasteiger partial charge in [-0.15, -0.1) is 0 Å². The van der Waals surface area contributed by atoms with Gasteiger partial charge < -0.3 is 9.47 Å². The fourth-order valence-corrected chi connectivity index (χ4v) is 10.9. The van der Waals surface area contributed by atoms with Gasteiger partial charge in [-0.25, -0.2) is 0 Å². The van der Waals surface area contributed by atoms with E-state index in [1.807, 2.05) is 12.2 Å². The molecule has 10 aromatic carbocycles. The number of fused-ring (bicyclic) bond motifs is 6. The van der Waals surface area contributed by atoms with Crippen molar-refractivity contribution in [2.75, 3.05) is 4.90 Å². The van der Waals surface area contributed by atoms with Crippen LogP contribution in [0, 0.1) is 0 Å². The first-order valence-corrected chi connectivity index (χ1v) is 23.4. The molecule has 0 fully saturated rings. The molecule has 2 heteroatoms. The lowest BCUT2D eigenvalue weighted by Crippen LogP contribution is -2.31. The lowest BCUT2D eigenvalue weighted by Gasteiger charge is -2.36. The Balaban J connectivity index is 1.10. The predicted octanol–water partition coefficient (Wildman–Crippen LogP) is 17.1. The lowest BCUT2D eigenvalue weighted by molar-refractivity contribution is 0.751. The summed E-state index contributed by atoms with van der Waals surface area (Å²) in [5.74, 6) is 0. The number of hydrogen-bond acceptors (Lipinski definition) is 1. The van der Waals surface area contributed by atoms with E-state index in [-0.39, 0.29) is 0 Å². The van der Waals surface area contributed by atoms with Gasteiger partial charge in [-0.3, -0.25) is 0 Å². The molecular formula is C66H48N2. The van der Waals surface area contributed by atoms with E-state index < -0.39 is 5.41 Å². The van der Waals surface area contributed by atoms with E-state index in [0.717, 1.165) is 28.2 Å². The Kier molecular flexibility index (Phi) is 10.1. The molecule has 11 aromatic rings. The molecule has 322 valence electrons. The van der Waals surface area contributed by atoms with Crippen LogP contribution >= 0.6 is 0 Å². The van der Waals surface area contributed by atoms with Gasteiger partial charge in [0.05, 0.1) is 16.4 Å². The highest BCUT2D eigenvalue weighted by molar-refractivity contribution is 6.11. The Morgan fingerprint density at radius 2 is 0.912 bits per heavy atom. The number of anilines is 2. The zero-order valence-electron chi connectivity index (χ0n) is 37.8. The monoisotopic (exact) mass is 868 g/mol. The molecule has 0 aliphatic heterocycles. The second-order valence-electron chi connectivity index (χ2n) is 17.8. The van der Waals surface area contributed by atoms with Crippen molar-refractivity contribution >= 4 is 45.3 Å². The van der Waals surface area contributed by atoms with Crippen molar-refractivity contribution in [1.29, 1.82) is 0 Å². The summed E-state index contributed by atoms with van der Waals surface area (Å²) in [4.78, 5) is 2.52. The van der Waals surface area contributed by atoms with Crippen molar-refractivity contribution in [1.82, 2.24) is 4.57 Å². The first-order chi connectivity index (χ1) is 33.6. The number of hydrogen-bond donors (Lipinski definition) is 0. The Hall–Kier alpha value is -8.72. The lowest BCUT2D eigenvalue weighted by atomic mass is 9.66. The maximum atomic E-state index is 4.11. The van der Waals surface area contributed by atoms with E-state index in [4.69, 9.17) is 0 Å². The summed E-state index contributed by atoms with van der Waals surface area (Å²) in [5, 5.41) is 2.42. The highest BCUT2D eigenvalue weighted by Crippen LogP contribution is 2.57. The Morgan fingerprint density at radius 1 is 0.412 bits per heavy atom. The average molecular weight is 869 g/mol. The number of rotatable bonds is 11. The third-order valence-corrected chi connectivity index (χ3v) is 14.1. The van der Waals surface area contributed by atoms with Crippen molar-refractivity contribution < 1.29 is 0 Å². The van der Waals surface area contributed by atoms with Crippen LogP contribution in [0.3, 0.4) is 0 Å². The van der Waals surface area contributed by atoms with E-state index in [2.05, 4.69) is 265 Å². The van der Waals surface area contributed by atoms with E-state index in [9.17, 15) is 0 Å². The van der Waals surface area contributed by atoms with Gasteiger partial charge in [-0.1, -0.05) is 213 Å². The third kappa shape index (κ3) is 6.72. The van der Waals surface area contributed by atoms with E-state index in [0.29, 0.717) is 6.54 Å².